The number of hydrogen-bond donors (Lipinski definition) is 2. The van der Waals surface area contributed by atoms with Gasteiger partial charge in [0.25, 0.3) is 5.56 Å². The number of piperazine rings is 1. The van der Waals surface area contributed by atoms with Gasteiger partial charge in [0.2, 0.25) is 5.91 Å². The Morgan fingerprint density at radius 3 is 2.40 bits per heavy atom. The SMILES string of the molecule is CCCCn1c(=O)[nH]c(=O)c2c1nc(CCC(=O)NCCCN1CCN(CC)CC1)n2CC(C)C. The quantitative estimate of drug-likeness (QED) is 0.412. The zero-order chi connectivity index (χ0) is 25.4. The largest absolute Gasteiger partial charge is 0.356 e. The molecule has 3 rings (SSSR count). The van der Waals surface area contributed by atoms with E-state index in [1.165, 1.54) is 0 Å². The fourth-order valence-electron chi connectivity index (χ4n) is 4.67. The Labute approximate surface area is 207 Å². The molecule has 1 aliphatic rings. The minimum absolute atomic E-state index is 0.0127. The summed E-state index contributed by atoms with van der Waals surface area (Å²) < 4.78 is 3.45. The van der Waals surface area contributed by atoms with Gasteiger partial charge in [-0.1, -0.05) is 34.1 Å². The van der Waals surface area contributed by atoms with E-state index in [0.29, 0.717) is 49.5 Å². The average molecular weight is 490 g/mol. The van der Waals surface area contributed by atoms with Crippen LogP contribution >= 0.6 is 0 Å². The summed E-state index contributed by atoms with van der Waals surface area (Å²) in [5.41, 5.74) is 0.00586. The number of fused-ring (bicyclic) bond motifs is 1. The van der Waals surface area contributed by atoms with Crippen LogP contribution in [0.2, 0.25) is 0 Å². The molecule has 1 aliphatic heterocycles. The van der Waals surface area contributed by atoms with Crippen molar-refractivity contribution in [3.05, 3.63) is 26.7 Å². The first-order chi connectivity index (χ1) is 16.8. The highest BCUT2D eigenvalue weighted by molar-refractivity contribution is 5.76. The summed E-state index contributed by atoms with van der Waals surface area (Å²) in [6.07, 6.45) is 3.41. The lowest BCUT2D eigenvalue weighted by molar-refractivity contribution is -0.121. The third kappa shape index (κ3) is 7.27. The highest BCUT2D eigenvalue weighted by atomic mass is 16.2. The molecule has 0 unspecified atom stereocenters. The molecule has 2 N–H and O–H groups in total. The van der Waals surface area contributed by atoms with Crippen LogP contribution in [0.25, 0.3) is 11.2 Å². The number of aryl methyl sites for hydroxylation is 2. The average Bonchev–Trinajstić information content (AvgIpc) is 3.18. The zero-order valence-corrected chi connectivity index (χ0v) is 21.9. The fraction of sp³-hybridized carbons (Fsp3) is 0.760. The van der Waals surface area contributed by atoms with Gasteiger partial charge in [0.1, 0.15) is 5.82 Å². The molecule has 1 saturated heterocycles. The van der Waals surface area contributed by atoms with E-state index < -0.39 is 11.2 Å². The van der Waals surface area contributed by atoms with Gasteiger partial charge in [0.15, 0.2) is 11.2 Å². The third-order valence-corrected chi connectivity index (χ3v) is 6.71. The number of rotatable bonds is 13. The molecule has 0 spiro atoms. The third-order valence-electron chi connectivity index (χ3n) is 6.71. The molecule has 1 fully saturated rings. The number of aromatic nitrogens is 4. The minimum atomic E-state index is -0.425. The Hall–Kier alpha value is -2.46. The maximum absolute atomic E-state index is 12.7. The number of nitrogens with zero attached hydrogens (tertiary/aromatic N) is 5. The van der Waals surface area contributed by atoms with Crippen LogP contribution in [0.1, 0.15) is 59.2 Å². The van der Waals surface area contributed by atoms with Crippen LogP contribution in [0.4, 0.5) is 0 Å². The second-order valence-corrected chi connectivity index (χ2v) is 9.95. The van der Waals surface area contributed by atoms with Crippen molar-refractivity contribution in [2.24, 2.45) is 5.92 Å². The number of H-pyrrole nitrogens is 1. The predicted molar refractivity (Wildman–Crippen MR) is 139 cm³/mol. The van der Waals surface area contributed by atoms with Crippen LogP contribution in [-0.2, 0) is 24.3 Å². The van der Waals surface area contributed by atoms with E-state index in [2.05, 4.69) is 47.8 Å². The van der Waals surface area contributed by atoms with Crippen molar-refractivity contribution >= 4 is 17.1 Å². The second kappa shape index (κ2) is 13.0. The van der Waals surface area contributed by atoms with Crippen molar-refractivity contribution in [1.29, 1.82) is 0 Å². The molecule has 3 heterocycles. The first-order valence-electron chi connectivity index (χ1n) is 13.3. The molecule has 10 nitrogen and oxygen atoms in total. The van der Waals surface area contributed by atoms with Gasteiger partial charge in [-0.3, -0.25) is 19.1 Å². The Morgan fingerprint density at radius 1 is 1.03 bits per heavy atom. The van der Waals surface area contributed by atoms with Crippen molar-refractivity contribution in [3.8, 4) is 0 Å². The van der Waals surface area contributed by atoms with Crippen molar-refractivity contribution in [1.82, 2.24) is 34.2 Å². The lowest BCUT2D eigenvalue weighted by Crippen LogP contribution is -2.46. The summed E-state index contributed by atoms with van der Waals surface area (Å²) in [6, 6.07) is 0. The monoisotopic (exact) mass is 489 g/mol. The van der Waals surface area contributed by atoms with Gasteiger partial charge in [0, 0.05) is 58.7 Å². The van der Waals surface area contributed by atoms with Gasteiger partial charge in [-0.15, -0.1) is 0 Å². The molecule has 0 saturated carbocycles. The van der Waals surface area contributed by atoms with Crippen molar-refractivity contribution in [3.63, 3.8) is 0 Å². The Morgan fingerprint density at radius 2 is 1.74 bits per heavy atom. The maximum Gasteiger partial charge on any atom is 0.330 e. The van der Waals surface area contributed by atoms with E-state index in [1.54, 1.807) is 4.57 Å². The Kier molecular flexibility index (Phi) is 10.1. The van der Waals surface area contributed by atoms with E-state index in [1.807, 2.05) is 4.57 Å². The van der Waals surface area contributed by atoms with E-state index in [9.17, 15) is 14.4 Å². The Bertz CT molecular complexity index is 1080. The van der Waals surface area contributed by atoms with Gasteiger partial charge < -0.3 is 19.7 Å². The first kappa shape index (κ1) is 27.1. The van der Waals surface area contributed by atoms with Crippen molar-refractivity contribution in [2.75, 3.05) is 45.8 Å². The van der Waals surface area contributed by atoms with Crippen LogP contribution in [0.5, 0.6) is 0 Å². The maximum atomic E-state index is 12.7. The fourth-order valence-corrected chi connectivity index (χ4v) is 4.67. The molecule has 2 aromatic rings. The normalized spacial score (nSPS) is 15.3. The van der Waals surface area contributed by atoms with Crippen LogP contribution in [0, 0.1) is 5.92 Å². The van der Waals surface area contributed by atoms with Gasteiger partial charge >= 0.3 is 5.69 Å². The molecule has 35 heavy (non-hydrogen) atoms. The number of carbonyl (C=O) groups excluding carboxylic acids is 1. The number of aromatic amines is 1. The van der Waals surface area contributed by atoms with Crippen LogP contribution in [-0.4, -0.2) is 80.6 Å². The number of imidazole rings is 1. The number of carbonyl (C=O) groups is 1. The van der Waals surface area contributed by atoms with Crippen molar-refractivity contribution < 1.29 is 4.79 Å². The van der Waals surface area contributed by atoms with Crippen LogP contribution < -0.4 is 16.6 Å². The highest BCUT2D eigenvalue weighted by Crippen LogP contribution is 2.16. The summed E-state index contributed by atoms with van der Waals surface area (Å²) in [6.45, 7) is 16.7. The topological polar surface area (TPSA) is 108 Å². The molecule has 0 aromatic carbocycles. The lowest BCUT2D eigenvalue weighted by Gasteiger charge is -2.33. The van der Waals surface area contributed by atoms with E-state index in [0.717, 1.165) is 58.5 Å². The zero-order valence-electron chi connectivity index (χ0n) is 21.9. The molecule has 0 bridgehead atoms. The molecule has 0 atom stereocenters. The first-order valence-corrected chi connectivity index (χ1v) is 13.3. The molecule has 10 heteroatoms. The highest BCUT2D eigenvalue weighted by Gasteiger charge is 2.20. The smallest absolute Gasteiger partial charge is 0.330 e. The van der Waals surface area contributed by atoms with E-state index in [4.69, 9.17) is 4.98 Å². The van der Waals surface area contributed by atoms with Crippen LogP contribution in [0.15, 0.2) is 9.59 Å². The van der Waals surface area contributed by atoms with Gasteiger partial charge in [-0.05, 0) is 31.8 Å². The van der Waals surface area contributed by atoms with Gasteiger partial charge in [-0.2, -0.15) is 0 Å². The lowest BCUT2D eigenvalue weighted by atomic mass is 10.2. The summed E-state index contributed by atoms with van der Waals surface area (Å²) in [5.74, 6) is 0.954. The number of unbranched alkanes of at least 4 members (excludes halogenated alkanes) is 1. The number of nitrogens with one attached hydrogen (secondary N) is 2. The minimum Gasteiger partial charge on any atom is -0.356 e. The van der Waals surface area contributed by atoms with E-state index in [-0.39, 0.29) is 11.8 Å². The molecule has 2 aromatic heterocycles. The molecule has 0 radical (unpaired) electrons. The standard InChI is InChI=1S/C25H43N7O3/c1-5-7-13-31-23-22(24(34)28-25(31)35)32(18-19(3)4)20(27-23)9-10-21(33)26-11-8-12-30-16-14-29(6-2)15-17-30/h19H,5-18H2,1-4H3,(H,26,33)(H,28,34,35). The van der Waals surface area contributed by atoms with Crippen LogP contribution in [0.3, 0.4) is 0 Å². The summed E-state index contributed by atoms with van der Waals surface area (Å²) >= 11 is 0. The van der Waals surface area contributed by atoms with Gasteiger partial charge in [0.05, 0.1) is 0 Å². The van der Waals surface area contributed by atoms with E-state index >= 15 is 0 Å². The predicted octanol–water partition coefficient (Wildman–Crippen LogP) is 1.42. The van der Waals surface area contributed by atoms with Gasteiger partial charge in [-0.25, -0.2) is 9.78 Å². The summed E-state index contributed by atoms with van der Waals surface area (Å²) in [5, 5.41) is 3.03. The molecule has 196 valence electrons. The molecular formula is C25H43N7O3. The number of amides is 1. The molecule has 0 aliphatic carbocycles. The number of hydrogen-bond acceptors (Lipinski definition) is 6. The molecule has 1 amide bonds. The Balaban J connectivity index is 1.61. The number of likely N-dealkylation sites (N-methyl/N-ethyl adjacent to an activating group) is 1. The summed E-state index contributed by atoms with van der Waals surface area (Å²) in [4.78, 5) is 49.8. The summed E-state index contributed by atoms with van der Waals surface area (Å²) in [7, 11) is 0. The molecular weight excluding hydrogens is 446 g/mol. The van der Waals surface area contributed by atoms with Crippen molar-refractivity contribution in [2.45, 2.75) is 72.9 Å². The second-order valence-electron chi connectivity index (χ2n) is 9.95.